The third-order valence-corrected chi connectivity index (χ3v) is 4.24. The Bertz CT molecular complexity index is 673. The van der Waals surface area contributed by atoms with E-state index in [0.717, 1.165) is 17.9 Å². The molecule has 130 valence electrons. The lowest BCUT2D eigenvalue weighted by atomic mass is 9.80. The zero-order chi connectivity index (χ0) is 18.0. The Kier molecular flexibility index (Phi) is 5.39. The van der Waals surface area contributed by atoms with Crippen molar-refractivity contribution in [3.05, 3.63) is 59.2 Å². The molecule has 0 bridgehead atoms. The Balaban J connectivity index is 2.35. The molecule has 2 nitrogen and oxygen atoms in total. The molecule has 2 aromatic carbocycles. The van der Waals surface area contributed by atoms with Gasteiger partial charge in [-0.25, -0.2) is 0 Å². The summed E-state index contributed by atoms with van der Waals surface area (Å²) in [5.74, 6) is 1.80. The average Bonchev–Trinajstić information content (AvgIpc) is 2.48. The molecule has 0 aliphatic rings. The zero-order valence-electron chi connectivity index (χ0n) is 15.9. The van der Waals surface area contributed by atoms with E-state index in [4.69, 9.17) is 10.5 Å². The van der Waals surface area contributed by atoms with Crippen LogP contribution in [0.1, 0.15) is 58.2 Å². The van der Waals surface area contributed by atoms with Gasteiger partial charge >= 0.3 is 0 Å². The molecule has 0 aliphatic heterocycles. The number of rotatable bonds is 4. The second-order valence-electron chi connectivity index (χ2n) is 8.50. The molecule has 24 heavy (non-hydrogen) atoms. The highest BCUT2D eigenvalue weighted by molar-refractivity contribution is 5.46. The average molecular weight is 325 g/mol. The Hall–Kier alpha value is -1.80. The Morgan fingerprint density at radius 2 is 1.46 bits per heavy atom. The van der Waals surface area contributed by atoms with Crippen molar-refractivity contribution >= 4 is 0 Å². The van der Waals surface area contributed by atoms with E-state index in [2.05, 4.69) is 71.9 Å². The summed E-state index contributed by atoms with van der Waals surface area (Å²) in [6.45, 7) is 14.1. The Morgan fingerprint density at radius 3 is 1.96 bits per heavy atom. The van der Waals surface area contributed by atoms with Crippen molar-refractivity contribution in [2.75, 3.05) is 6.54 Å². The van der Waals surface area contributed by atoms with Crippen molar-refractivity contribution in [1.82, 2.24) is 0 Å². The standard InChI is InChI=1S/C22H31NO/c1-21(2,3)17-9-12-20(19(15-17)22(4,5)6)24-18-10-7-16(8-11-18)13-14-23/h7-12,15H,13-14,23H2,1-6H3. The lowest BCUT2D eigenvalue weighted by Gasteiger charge is -2.27. The lowest BCUT2D eigenvalue weighted by molar-refractivity contribution is 0.453. The molecule has 0 heterocycles. The summed E-state index contributed by atoms with van der Waals surface area (Å²) in [5.41, 5.74) is 9.57. The summed E-state index contributed by atoms with van der Waals surface area (Å²) in [5, 5.41) is 0. The first kappa shape index (κ1) is 18.5. The quantitative estimate of drug-likeness (QED) is 0.797. The minimum absolute atomic E-state index is 0.0239. The molecule has 0 unspecified atom stereocenters. The van der Waals surface area contributed by atoms with Crippen LogP contribution >= 0.6 is 0 Å². The van der Waals surface area contributed by atoms with Gasteiger partial charge in [0, 0.05) is 5.56 Å². The fourth-order valence-electron chi connectivity index (χ4n) is 2.69. The molecule has 0 radical (unpaired) electrons. The molecule has 0 fully saturated rings. The van der Waals surface area contributed by atoms with Crippen molar-refractivity contribution in [2.24, 2.45) is 5.73 Å². The van der Waals surface area contributed by atoms with Crippen LogP contribution in [0.3, 0.4) is 0 Å². The summed E-state index contributed by atoms with van der Waals surface area (Å²) < 4.78 is 6.21. The van der Waals surface area contributed by atoms with Crippen LogP contribution in [0.15, 0.2) is 42.5 Å². The van der Waals surface area contributed by atoms with Gasteiger partial charge in [0.05, 0.1) is 0 Å². The van der Waals surface area contributed by atoms with E-state index < -0.39 is 0 Å². The van der Waals surface area contributed by atoms with Crippen molar-refractivity contribution in [3.8, 4) is 11.5 Å². The summed E-state index contributed by atoms with van der Waals surface area (Å²) in [6.07, 6.45) is 0.897. The molecule has 0 spiro atoms. The van der Waals surface area contributed by atoms with Crippen LogP contribution in [0.5, 0.6) is 11.5 Å². The number of benzene rings is 2. The Morgan fingerprint density at radius 1 is 0.833 bits per heavy atom. The highest BCUT2D eigenvalue weighted by atomic mass is 16.5. The van der Waals surface area contributed by atoms with Gasteiger partial charge < -0.3 is 10.5 Å². The smallest absolute Gasteiger partial charge is 0.131 e. The van der Waals surface area contributed by atoms with Gasteiger partial charge in [-0.2, -0.15) is 0 Å². The van der Waals surface area contributed by atoms with Crippen LogP contribution in [0.4, 0.5) is 0 Å². The highest BCUT2D eigenvalue weighted by Crippen LogP contribution is 2.37. The van der Waals surface area contributed by atoms with Crippen LogP contribution in [0.2, 0.25) is 0 Å². The van der Waals surface area contributed by atoms with Gasteiger partial charge in [0.1, 0.15) is 11.5 Å². The second-order valence-corrected chi connectivity index (χ2v) is 8.50. The van der Waals surface area contributed by atoms with Gasteiger partial charge in [0.25, 0.3) is 0 Å². The van der Waals surface area contributed by atoms with Crippen LogP contribution in [-0.4, -0.2) is 6.54 Å². The normalized spacial score (nSPS) is 12.3. The van der Waals surface area contributed by atoms with Crippen molar-refractivity contribution in [3.63, 3.8) is 0 Å². The van der Waals surface area contributed by atoms with Crippen molar-refractivity contribution in [2.45, 2.75) is 58.8 Å². The number of nitrogens with two attached hydrogens (primary N) is 1. The monoisotopic (exact) mass is 325 g/mol. The fraction of sp³-hybridized carbons (Fsp3) is 0.455. The van der Waals surface area contributed by atoms with Gasteiger partial charge in [-0.15, -0.1) is 0 Å². The molecule has 2 heteroatoms. The number of ether oxygens (including phenoxy) is 1. The lowest BCUT2D eigenvalue weighted by Crippen LogP contribution is -2.17. The topological polar surface area (TPSA) is 35.2 Å². The molecule has 0 saturated heterocycles. The second kappa shape index (κ2) is 6.98. The summed E-state index contributed by atoms with van der Waals surface area (Å²) in [7, 11) is 0. The van der Waals surface area contributed by atoms with E-state index >= 15 is 0 Å². The molecule has 0 aromatic heterocycles. The van der Waals surface area contributed by atoms with Crippen molar-refractivity contribution < 1.29 is 4.74 Å². The molecule has 2 aromatic rings. The van der Waals surface area contributed by atoms with Crippen LogP contribution < -0.4 is 10.5 Å². The fourth-order valence-corrected chi connectivity index (χ4v) is 2.69. The number of hydrogen-bond donors (Lipinski definition) is 1. The summed E-state index contributed by atoms with van der Waals surface area (Å²) in [4.78, 5) is 0. The Labute approximate surface area is 147 Å². The molecule has 0 saturated carbocycles. The molecular weight excluding hydrogens is 294 g/mol. The van der Waals surface area contributed by atoms with E-state index in [1.54, 1.807) is 0 Å². The van der Waals surface area contributed by atoms with Crippen LogP contribution in [-0.2, 0) is 17.3 Å². The first-order chi connectivity index (χ1) is 11.1. The first-order valence-electron chi connectivity index (χ1n) is 8.73. The van der Waals surface area contributed by atoms with Gasteiger partial charge in [-0.05, 0) is 53.1 Å². The van der Waals surface area contributed by atoms with Gasteiger partial charge in [-0.3, -0.25) is 0 Å². The third kappa shape index (κ3) is 4.61. The maximum Gasteiger partial charge on any atom is 0.131 e. The summed E-state index contributed by atoms with van der Waals surface area (Å²) >= 11 is 0. The highest BCUT2D eigenvalue weighted by Gasteiger charge is 2.23. The molecular formula is C22H31NO. The van der Waals surface area contributed by atoms with E-state index in [9.17, 15) is 0 Å². The maximum absolute atomic E-state index is 6.21. The minimum Gasteiger partial charge on any atom is -0.457 e. The minimum atomic E-state index is 0.0239. The first-order valence-corrected chi connectivity index (χ1v) is 8.73. The molecule has 2 N–H and O–H groups in total. The number of hydrogen-bond acceptors (Lipinski definition) is 2. The third-order valence-electron chi connectivity index (χ3n) is 4.24. The van der Waals surface area contributed by atoms with Crippen LogP contribution in [0.25, 0.3) is 0 Å². The predicted molar refractivity (Wildman–Crippen MR) is 103 cm³/mol. The van der Waals surface area contributed by atoms with E-state index in [1.807, 2.05) is 12.1 Å². The van der Waals surface area contributed by atoms with Gasteiger partial charge in [0.2, 0.25) is 0 Å². The molecule has 0 aliphatic carbocycles. The predicted octanol–water partition coefficient (Wildman–Crippen LogP) is 5.58. The van der Waals surface area contributed by atoms with Crippen LogP contribution in [0, 0.1) is 0 Å². The van der Waals surface area contributed by atoms with Gasteiger partial charge in [-0.1, -0.05) is 65.8 Å². The van der Waals surface area contributed by atoms with E-state index in [0.29, 0.717) is 6.54 Å². The maximum atomic E-state index is 6.21. The molecule has 0 amide bonds. The van der Waals surface area contributed by atoms with E-state index in [-0.39, 0.29) is 10.8 Å². The van der Waals surface area contributed by atoms with E-state index in [1.165, 1.54) is 16.7 Å². The van der Waals surface area contributed by atoms with Crippen molar-refractivity contribution in [1.29, 1.82) is 0 Å². The SMILES string of the molecule is CC(C)(C)c1ccc(Oc2ccc(CCN)cc2)c(C(C)(C)C)c1. The molecule has 2 rings (SSSR count). The van der Waals surface area contributed by atoms with Gasteiger partial charge in [0.15, 0.2) is 0 Å². The largest absolute Gasteiger partial charge is 0.457 e. The zero-order valence-corrected chi connectivity index (χ0v) is 15.9. The summed E-state index contributed by atoms with van der Waals surface area (Å²) in [6, 6.07) is 14.8. The molecule has 0 atom stereocenters.